The number of amides is 1. The van der Waals surface area contributed by atoms with Crippen molar-refractivity contribution in [3.63, 3.8) is 0 Å². The maximum Gasteiger partial charge on any atom is 0.294 e. The van der Waals surface area contributed by atoms with E-state index in [2.05, 4.69) is 5.43 Å². The van der Waals surface area contributed by atoms with Crippen LogP contribution in [0, 0.1) is 10.1 Å². The van der Waals surface area contributed by atoms with Crippen LogP contribution in [0.25, 0.3) is 0 Å². The van der Waals surface area contributed by atoms with Gasteiger partial charge in [-0.1, -0.05) is 6.07 Å². The summed E-state index contributed by atoms with van der Waals surface area (Å²) in [5.41, 5.74) is 1.94. The van der Waals surface area contributed by atoms with Crippen LogP contribution in [0.3, 0.4) is 0 Å². The molecule has 19 heavy (non-hydrogen) atoms. The molecule has 0 saturated heterocycles. The summed E-state index contributed by atoms with van der Waals surface area (Å²) < 4.78 is 0. The normalized spacial score (nSPS) is 11.8. The lowest BCUT2D eigenvalue weighted by Crippen LogP contribution is -2.33. The van der Waals surface area contributed by atoms with Gasteiger partial charge in [-0.15, -0.1) is 0 Å². The predicted octanol–water partition coefficient (Wildman–Crippen LogP) is 0.333. The summed E-state index contributed by atoms with van der Waals surface area (Å²) in [6.45, 7) is 1.66. The Balaban J connectivity index is 3.16. The van der Waals surface area contributed by atoms with E-state index in [0.29, 0.717) is 0 Å². The van der Waals surface area contributed by atoms with Gasteiger partial charge in [0, 0.05) is 19.7 Å². The lowest BCUT2D eigenvalue weighted by molar-refractivity contribution is -0.384. The average molecular weight is 268 g/mol. The fourth-order valence-corrected chi connectivity index (χ4v) is 1.71. The largest absolute Gasteiger partial charge is 0.392 e. The molecule has 1 rings (SSSR count). The quantitative estimate of drug-likeness (QED) is 0.402. The number of rotatable bonds is 5. The molecule has 1 unspecified atom stereocenters. The van der Waals surface area contributed by atoms with E-state index in [1.54, 1.807) is 6.92 Å². The minimum absolute atomic E-state index is 0.0463. The number of nitro groups is 1. The van der Waals surface area contributed by atoms with Gasteiger partial charge in [0.2, 0.25) is 0 Å². The topological polar surface area (TPSA) is 122 Å². The number of anilines is 1. The van der Waals surface area contributed by atoms with Crippen LogP contribution in [0.5, 0.6) is 0 Å². The van der Waals surface area contributed by atoms with Crippen LogP contribution in [-0.2, 0) is 0 Å². The van der Waals surface area contributed by atoms with Crippen molar-refractivity contribution in [1.29, 1.82) is 0 Å². The van der Waals surface area contributed by atoms with Gasteiger partial charge in [0.1, 0.15) is 5.69 Å². The molecule has 1 aromatic rings. The highest BCUT2D eigenvalue weighted by atomic mass is 16.6. The Morgan fingerprint density at radius 1 is 1.63 bits per heavy atom. The molecule has 0 aromatic heterocycles. The number of carbonyl (C=O) groups is 1. The zero-order valence-electron chi connectivity index (χ0n) is 10.7. The third-order valence-electron chi connectivity index (χ3n) is 2.50. The lowest BCUT2D eigenvalue weighted by Gasteiger charge is -2.20. The summed E-state index contributed by atoms with van der Waals surface area (Å²) >= 11 is 0. The van der Waals surface area contributed by atoms with Crippen LogP contribution in [0.4, 0.5) is 11.4 Å². The average Bonchev–Trinajstić information content (AvgIpc) is 2.35. The number of nitrogens with one attached hydrogen (secondary N) is 1. The van der Waals surface area contributed by atoms with E-state index in [9.17, 15) is 20.0 Å². The van der Waals surface area contributed by atoms with Crippen molar-refractivity contribution >= 4 is 17.3 Å². The molecule has 8 nitrogen and oxygen atoms in total. The Kier molecular flexibility index (Phi) is 4.79. The first-order chi connectivity index (χ1) is 8.88. The van der Waals surface area contributed by atoms with Gasteiger partial charge in [0.25, 0.3) is 11.6 Å². The number of hydrazine groups is 1. The summed E-state index contributed by atoms with van der Waals surface area (Å²) in [7, 11) is 1.49. The highest BCUT2D eigenvalue weighted by molar-refractivity contribution is 6.01. The zero-order chi connectivity index (χ0) is 14.6. The second-order valence-electron chi connectivity index (χ2n) is 4.14. The molecular formula is C11H16N4O4. The van der Waals surface area contributed by atoms with E-state index in [1.165, 1.54) is 30.1 Å². The first-order valence-corrected chi connectivity index (χ1v) is 5.56. The molecule has 0 heterocycles. The molecule has 0 spiro atoms. The molecule has 0 aliphatic carbocycles. The zero-order valence-corrected chi connectivity index (χ0v) is 10.7. The molecule has 8 heteroatoms. The molecule has 0 aliphatic rings. The van der Waals surface area contributed by atoms with Gasteiger partial charge >= 0.3 is 0 Å². The molecule has 0 saturated carbocycles. The molecule has 1 amide bonds. The fourth-order valence-electron chi connectivity index (χ4n) is 1.71. The summed E-state index contributed by atoms with van der Waals surface area (Å²) in [4.78, 5) is 23.6. The second-order valence-corrected chi connectivity index (χ2v) is 4.14. The summed E-state index contributed by atoms with van der Waals surface area (Å²) in [6, 6.07) is 4.09. The number of aliphatic hydroxyl groups excluding tert-OH is 1. The first-order valence-electron chi connectivity index (χ1n) is 5.56. The molecule has 0 bridgehead atoms. The second kappa shape index (κ2) is 6.12. The van der Waals surface area contributed by atoms with Gasteiger partial charge in [0.05, 0.1) is 16.6 Å². The maximum absolute atomic E-state index is 12.1. The van der Waals surface area contributed by atoms with Crippen LogP contribution in [0.15, 0.2) is 18.2 Å². The van der Waals surface area contributed by atoms with Crippen molar-refractivity contribution in [2.45, 2.75) is 13.0 Å². The van der Waals surface area contributed by atoms with E-state index < -0.39 is 16.9 Å². The fraction of sp³-hybridized carbons (Fsp3) is 0.364. The van der Waals surface area contributed by atoms with Crippen molar-refractivity contribution in [3.05, 3.63) is 33.9 Å². The number of nitrogens with two attached hydrogens (primary N) is 1. The molecular weight excluding hydrogens is 252 g/mol. The number of nitro benzene ring substituents is 1. The minimum Gasteiger partial charge on any atom is -0.392 e. The van der Waals surface area contributed by atoms with Crippen LogP contribution in [-0.4, -0.2) is 40.5 Å². The molecule has 0 fully saturated rings. The van der Waals surface area contributed by atoms with Crippen molar-refractivity contribution in [1.82, 2.24) is 4.90 Å². The molecule has 4 N–H and O–H groups in total. The summed E-state index contributed by atoms with van der Waals surface area (Å²) in [6.07, 6.45) is -0.693. The van der Waals surface area contributed by atoms with Crippen molar-refractivity contribution in [3.8, 4) is 0 Å². The van der Waals surface area contributed by atoms with Gasteiger partial charge in [-0.25, -0.2) is 0 Å². The molecule has 1 aromatic carbocycles. The third-order valence-corrected chi connectivity index (χ3v) is 2.50. The van der Waals surface area contributed by atoms with Crippen molar-refractivity contribution in [2.75, 3.05) is 19.0 Å². The van der Waals surface area contributed by atoms with E-state index in [4.69, 9.17) is 5.84 Å². The van der Waals surface area contributed by atoms with Crippen molar-refractivity contribution in [2.24, 2.45) is 5.84 Å². The first kappa shape index (κ1) is 14.9. The molecule has 104 valence electrons. The SMILES string of the molecule is CC(O)CN(C)C(=O)c1cccc([N+](=O)[O-])c1NN. The van der Waals surface area contributed by atoms with Gasteiger partial charge in [-0.2, -0.15) is 0 Å². The minimum atomic E-state index is -0.693. The molecule has 0 aliphatic heterocycles. The van der Waals surface area contributed by atoms with Gasteiger partial charge in [-0.3, -0.25) is 20.8 Å². The Bertz CT molecular complexity index is 490. The number of aliphatic hydroxyl groups is 1. The predicted molar refractivity (Wildman–Crippen MR) is 69.5 cm³/mol. The van der Waals surface area contributed by atoms with E-state index >= 15 is 0 Å². The highest BCUT2D eigenvalue weighted by Gasteiger charge is 2.23. The number of para-hydroxylation sites is 1. The highest BCUT2D eigenvalue weighted by Crippen LogP contribution is 2.28. The lowest BCUT2D eigenvalue weighted by atomic mass is 10.1. The summed E-state index contributed by atoms with van der Waals surface area (Å²) in [5.74, 6) is 4.79. The number of likely N-dealkylation sites (N-methyl/N-ethyl adjacent to an activating group) is 1. The van der Waals surface area contributed by atoms with E-state index in [1.807, 2.05) is 0 Å². The van der Waals surface area contributed by atoms with Gasteiger partial charge in [-0.05, 0) is 13.0 Å². The number of nitrogen functional groups attached to an aromatic ring is 1. The van der Waals surface area contributed by atoms with Crippen LogP contribution in [0.1, 0.15) is 17.3 Å². The van der Waals surface area contributed by atoms with E-state index in [0.717, 1.165) is 0 Å². The third kappa shape index (κ3) is 3.39. The Morgan fingerprint density at radius 3 is 2.74 bits per heavy atom. The Hall–Kier alpha value is -2.19. The van der Waals surface area contributed by atoms with Gasteiger partial charge in [0.15, 0.2) is 0 Å². The standard InChI is InChI=1S/C11H16N4O4/c1-7(16)6-14(2)11(17)8-4-3-5-9(15(18)19)10(8)13-12/h3-5,7,13,16H,6,12H2,1-2H3. The van der Waals surface area contributed by atoms with Crippen LogP contribution < -0.4 is 11.3 Å². The van der Waals surface area contributed by atoms with E-state index in [-0.39, 0.29) is 23.5 Å². The maximum atomic E-state index is 12.1. The smallest absolute Gasteiger partial charge is 0.294 e. The number of benzene rings is 1. The number of carbonyl (C=O) groups excluding carboxylic acids is 1. The number of hydrogen-bond donors (Lipinski definition) is 3. The number of nitrogens with zero attached hydrogens (tertiary/aromatic N) is 2. The number of hydrogen-bond acceptors (Lipinski definition) is 6. The van der Waals surface area contributed by atoms with Crippen LogP contribution in [0.2, 0.25) is 0 Å². The molecule has 1 atom stereocenters. The van der Waals surface area contributed by atoms with Gasteiger partial charge < -0.3 is 15.4 Å². The molecule has 0 radical (unpaired) electrons. The van der Waals surface area contributed by atoms with Crippen LogP contribution >= 0.6 is 0 Å². The Morgan fingerprint density at radius 2 is 2.26 bits per heavy atom. The summed E-state index contributed by atoms with van der Waals surface area (Å²) in [5, 5.41) is 20.1. The monoisotopic (exact) mass is 268 g/mol. The Labute approximate surface area is 109 Å². The van der Waals surface area contributed by atoms with Crippen molar-refractivity contribution < 1.29 is 14.8 Å².